The maximum Gasteiger partial charge on any atom is 0.360 e. The number of carbonyl (C=O) groups is 1. The molecule has 1 aromatic heterocycles. The Balaban J connectivity index is 2.66. The van der Waals surface area contributed by atoms with Crippen LogP contribution >= 0.6 is 0 Å². The lowest BCUT2D eigenvalue weighted by atomic mass is 10.1. The Kier molecular flexibility index (Phi) is 3.79. The average Bonchev–Trinajstić information content (AvgIpc) is 2.73. The lowest BCUT2D eigenvalue weighted by molar-refractivity contribution is 0.0596. The number of imidazole rings is 1. The number of ether oxygens (including phenoxy) is 1. The molecule has 0 aliphatic rings. The Labute approximate surface area is 118 Å². The van der Waals surface area contributed by atoms with E-state index in [1.807, 2.05) is 37.5 Å². The number of esters is 1. The number of benzene rings is 1. The SMILES string of the molecule is CCc1nc(C(=O)OC)c(N)n1-c1cc(C)cc(C)c1. The van der Waals surface area contributed by atoms with E-state index in [4.69, 9.17) is 10.5 Å². The van der Waals surface area contributed by atoms with Crippen molar-refractivity contribution in [3.63, 3.8) is 0 Å². The first-order valence-corrected chi connectivity index (χ1v) is 6.52. The topological polar surface area (TPSA) is 70.1 Å². The van der Waals surface area contributed by atoms with Crippen molar-refractivity contribution in [1.29, 1.82) is 0 Å². The summed E-state index contributed by atoms with van der Waals surface area (Å²) in [6, 6.07) is 6.12. The molecule has 0 unspecified atom stereocenters. The third-order valence-corrected chi connectivity index (χ3v) is 3.14. The van der Waals surface area contributed by atoms with E-state index in [1.165, 1.54) is 7.11 Å². The van der Waals surface area contributed by atoms with Gasteiger partial charge in [-0.1, -0.05) is 13.0 Å². The van der Waals surface area contributed by atoms with E-state index >= 15 is 0 Å². The Morgan fingerprint density at radius 1 is 1.30 bits per heavy atom. The molecule has 20 heavy (non-hydrogen) atoms. The first-order valence-electron chi connectivity index (χ1n) is 6.52. The van der Waals surface area contributed by atoms with Crippen LogP contribution in [-0.4, -0.2) is 22.6 Å². The maximum absolute atomic E-state index is 11.7. The van der Waals surface area contributed by atoms with Crippen molar-refractivity contribution >= 4 is 11.8 Å². The monoisotopic (exact) mass is 273 g/mol. The van der Waals surface area contributed by atoms with Gasteiger partial charge in [0.1, 0.15) is 11.6 Å². The number of nitrogens with zero attached hydrogens (tertiary/aromatic N) is 2. The van der Waals surface area contributed by atoms with Crippen LogP contribution in [0.1, 0.15) is 34.4 Å². The van der Waals surface area contributed by atoms with E-state index in [-0.39, 0.29) is 5.69 Å². The highest BCUT2D eigenvalue weighted by Gasteiger charge is 2.21. The number of methoxy groups -OCH3 is 1. The van der Waals surface area contributed by atoms with Gasteiger partial charge in [0, 0.05) is 12.1 Å². The number of aryl methyl sites for hydroxylation is 3. The Morgan fingerprint density at radius 3 is 2.40 bits per heavy atom. The van der Waals surface area contributed by atoms with Crippen molar-refractivity contribution in [3.05, 3.63) is 40.8 Å². The second kappa shape index (κ2) is 5.36. The molecule has 0 aliphatic carbocycles. The van der Waals surface area contributed by atoms with Crippen molar-refractivity contribution in [2.45, 2.75) is 27.2 Å². The van der Waals surface area contributed by atoms with Gasteiger partial charge in [-0.3, -0.25) is 4.57 Å². The summed E-state index contributed by atoms with van der Waals surface area (Å²) in [4.78, 5) is 16.0. The molecule has 106 valence electrons. The van der Waals surface area contributed by atoms with Gasteiger partial charge in [-0.25, -0.2) is 9.78 Å². The van der Waals surface area contributed by atoms with Gasteiger partial charge in [-0.15, -0.1) is 0 Å². The Morgan fingerprint density at radius 2 is 1.90 bits per heavy atom. The summed E-state index contributed by atoms with van der Waals surface area (Å²) in [6.45, 7) is 6.02. The molecule has 0 radical (unpaired) electrons. The van der Waals surface area contributed by atoms with Crippen LogP contribution in [0.4, 0.5) is 5.82 Å². The van der Waals surface area contributed by atoms with Crippen molar-refractivity contribution in [3.8, 4) is 5.69 Å². The minimum absolute atomic E-state index is 0.170. The Bertz CT molecular complexity index is 639. The van der Waals surface area contributed by atoms with E-state index in [0.29, 0.717) is 12.2 Å². The second-order valence-electron chi connectivity index (χ2n) is 4.79. The standard InChI is InChI=1S/C15H19N3O2/c1-5-12-17-13(15(19)20-4)14(16)18(12)11-7-9(2)6-10(3)8-11/h6-8H,5,16H2,1-4H3. The smallest absolute Gasteiger partial charge is 0.360 e. The number of anilines is 1. The van der Waals surface area contributed by atoms with Gasteiger partial charge in [0.05, 0.1) is 7.11 Å². The molecule has 1 aromatic carbocycles. The fraction of sp³-hybridized carbons (Fsp3) is 0.333. The summed E-state index contributed by atoms with van der Waals surface area (Å²) in [5.41, 5.74) is 9.44. The summed E-state index contributed by atoms with van der Waals surface area (Å²) >= 11 is 0. The van der Waals surface area contributed by atoms with Crippen LogP contribution < -0.4 is 5.73 Å². The number of rotatable bonds is 3. The number of nitrogen functional groups attached to an aromatic ring is 1. The van der Waals surface area contributed by atoms with E-state index in [9.17, 15) is 4.79 Å². The first-order chi connectivity index (χ1) is 9.47. The highest BCUT2D eigenvalue weighted by molar-refractivity contribution is 5.92. The van der Waals surface area contributed by atoms with Crippen LogP contribution in [0.2, 0.25) is 0 Å². The summed E-state index contributed by atoms with van der Waals surface area (Å²) in [6.07, 6.45) is 0.675. The zero-order chi connectivity index (χ0) is 14.9. The summed E-state index contributed by atoms with van der Waals surface area (Å²) in [7, 11) is 1.32. The van der Waals surface area contributed by atoms with E-state index in [0.717, 1.165) is 22.6 Å². The predicted molar refractivity (Wildman–Crippen MR) is 78.2 cm³/mol. The zero-order valence-corrected chi connectivity index (χ0v) is 12.2. The number of hydrogen-bond acceptors (Lipinski definition) is 4. The van der Waals surface area contributed by atoms with Crippen molar-refractivity contribution in [2.24, 2.45) is 0 Å². The normalized spacial score (nSPS) is 10.6. The number of aromatic nitrogens is 2. The van der Waals surface area contributed by atoms with E-state index < -0.39 is 5.97 Å². The molecule has 0 bridgehead atoms. The maximum atomic E-state index is 11.7. The fourth-order valence-corrected chi connectivity index (χ4v) is 2.33. The quantitative estimate of drug-likeness (QED) is 0.872. The van der Waals surface area contributed by atoms with Gasteiger partial charge in [0.2, 0.25) is 0 Å². The first kappa shape index (κ1) is 14.1. The van der Waals surface area contributed by atoms with Crippen molar-refractivity contribution in [1.82, 2.24) is 9.55 Å². The Hall–Kier alpha value is -2.30. The van der Waals surface area contributed by atoms with Crippen LogP contribution in [0.25, 0.3) is 5.69 Å². The summed E-state index contributed by atoms with van der Waals surface area (Å²) < 4.78 is 6.53. The molecule has 2 aromatic rings. The third-order valence-electron chi connectivity index (χ3n) is 3.14. The predicted octanol–water partition coefficient (Wildman–Crippen LogP) is 2.42. The van der Waals surface area contributed by atoms with Gasteiger partial charge >= 0.3 is 5.97 Å². The van der Waals surface area contributed by atoms with Crippen LogP contribution in [0.5, 0.6) is 0 Å². The molecule has 0 aliphatic heterocycles. The van der Waals surface area contributed by atoms with Crippen molar-refractivity contribution < 1.29 is 9.53 Å². The molecule has 0 spiro atoms. The van der Waals surface area contributed by atoms with Gasteiger partial charge < -0.3 is 10.5 Å². The van der Waals surface area contributed by atoms with E-state index in [1.54, 1.807) is 0 Å². The highest BCUT2D eigenvalue weighted by Crippen LogP contribution is 2.23. The molecular weight excluding hydrogens is 254 g/mol. The lowest BCUT2D eigenvalue weighted by Gasteiger charge is -2.11. The minimum Gasteiger partial charge on any atom is -0.464 e. The van der Waals surface area contributed by atoms with Crippen LogP contribution in [-0.2, 0) is 11.2 Å². The largest absolute Gasteiger partial charge is 0.464 e. The number of hydrogen-bond donors (Lipinski definition) is 1. The summed E-state index contributed by atoms with van der Waals surface area (Å²) in [5, 5.41) is 0. The molecule has 2 rings (SSSR count). The van der Waals surface area contributed by atoms with Gasteiger partial charge in [-0.2, -0.15) is 0 Å². The molecule has 5 heteroatoms. The van der Waals surface area contributed by atoms with Crippen molar-refractivity contribution in [2.75, 3.05) is 12.8 Å². The number of nitrogens with two attached hydrogens (primary N) is 1. The third kappa shape index (κ3) is 2.39. The molecule has 2 N–H and O–H groups in total. The van der Waals surface area contributed by atoms with Gasteiger partial charge in [0.15, 0.2) is 5.69 Å². The zero-order valence-electron chi connectivity index (χ0n) is 12.2. The highest BCUT2D eigenvalue weighted by atomic mass is 16.5. The molecular formula is C15H19N3O2. The molecule has 1 heterocycles. The lowest BCUT2D eigenvalue weighted by Crippen LogP contribution is -2.08. The fourth-order valence-electron chi connectivity index (χ4n) is 2.33. The average molecular weight is 273 g/mol. The molecule has 0 saturated carbocycles. The minimum atomic E-state index is -0.514. The molecule has 0 saturated heterocycles. The van der Waals surface area contributed by atoms with Gasteiger partial charge in [-0.05, 0) is 37.1 Å². The van der Waals surface area contributed by atoms with Crippen LogP contribution in [0.3, 0.4) is 0 Å². The molecule has 0 amide bonds. The number of carbonyl (C=O) groups excluding carboxylic acids is 1. The van der Waals surface area contributed by atoms with Crippen LogP contribution in [0, 0.1) is 13.8 Å². The van der Waals surface area contributed by atoms with Crippen LogP contribution in [0.15, 0.2) is 18.2 Å². The van der Waals surface area contributed by atoms with Gasteiger partial charge in [0.25, 0.3) is 0 Å². The molecule has 0 atom stereocenters. The second-order valence-corrected chi connectivity index (χ2v) is 4.79. The summed E-state index contributed by atoms with van der Waals surface area (Å²) in [5.74, 6) is 0.548. The molecule has 0 fully saturated rings. The van der Waals surface area contributed by atoms with E-state index in [2.05, 4.69) is 11.1 Å². The molecule has 5 nitrogen and oxygen atoms in total.